The molecule has 0 heterocycles. The van der Waals surface area contributed by atoms with Crippen LogP contribution in [0.5, 0.6) is 0 Å². The Bertz CT molecular complexity index is 526. The van der Waals surface area contributed by atoms with Gasteiger partial charge in [0.15, 0.2) is 0 Å². The highest BCUT2D eigenvalue weighted by molar-refractivity contribution is 5.27. The van der Waals surface area contributed by atoms with Gasteiger partial charge in [0, 0.05) is 6.61 Å². The summed E-state index contributed by atoms with van der Waals surface area (Å²) in [5, 5.41) is 19.8. The maximum Gasteiger partial charge on any atom is 0.0543 e. The third kappa shape index (κ3) is 2.28. The molecule has 4 aliphatic rings. The zero-order chi connectivity index (χ0) is 17.1. The van der Waals surface area contributed by atoms with Crippen molar-refractivity contribution >= 4 is 0 Å². The van der Waals surface area contributed by atoms with E-state index in [-0.39, 0.29) is 6.10 Å². The second kappa shape index (κ2) is 5.84. The summed E-state index contributed by atoms with van der Waals surface area (Å²) < 4.78 is 0. The van der Waals surface area contributed by atoms with Crippen LogP contribution in [0.4, 0.5) is 0 Å². The van der Waals surface area contributed by atoms with Crippen LogP contribution in [0.25, 0.3) is 0 Å². The van der Waals surface area contributed by atoms with Crippen molar-refractivity contribution in [3.05, 3.63) is 11.6 Å². The lowest BCUT2D eigenvalue weighted by atomic mass is 9.47. The van der Waals surface area contributed by atoms with Gasteiger partial charge in [0.2, 0.25) is 0 Å². The molecule has 0 bridgehead atoms. The number of rotatable bonds is 2. The lowest BCUT2D eigenvalue weighted by Gasteiger charge is -2.57. The van der Waals surface area contributed by atoms with Crippen LogP contribution in [0.2, 0.25) is 0 Å². The first kappa shape index (κ1) is 17.1. The molecule has 4 unspecified atom stereocenters. The topological polar surface area (TPSA) is 40.5 Å². The van der Waals surface area contributed by atoms with E-state index in [9.17, 15) is 10.2 Å². The molecule has 3 fully saturated rings. The van der Waals surface area contributed by atoms with Crippen LogP contribution < -0.4 is 0 Å². The van der Waals surface area contributed by atoms with Crippen LogP contribution in [0.1, 0.15) is 72.1 Å². The largest absolute Gasteiger partial charge is 0.396 e. The van der Waals surface area contributed by atoms with E-state index < -0.39 is 0 Å². The average molecular weight is 333 g/mol. The molecular formula is C22H36O2. The van der Waals surface area contributed by atoms with Crippen molar-refractivity contribution in [1.29, 1.82) is 0 Å². The van der Waals surface area contributed by atoms with Crippen LogP contribution in [0.3, 0.4) is 0 Å². The first-order valence-electron chi connectivity index (χ1n) is 10.4. The maximum atomic E-state index is 10.1. The molecule has 0 aromatic rings. The molecule has 4 aliphatic carbocycles. The first-order valence-corrected chi connectivity index (χ1v) is 10.4. The van der Waals surface area contributed by atoms with Gasteiger partial charge >= 0.3 is 0 Å². The molecule has 2 N–H and O–H groups in total. The minimum atomic E-state index is -0.0619. The summed E-state index contributed by atoms with van der Waals surface area (Å²) >= 11 is 0. The van der Waals surface area contributed by atoms with E-state index in [2.05, 4.69) is 26.8 Å². The average Bonchev–Trinajstić information content (AvgIpc) is 2.92. The fourth-order valence-corrected chi connectivity index (χ4v) is 7.59. The summed E-state index contributed by atoms with van der Waals surface area (Å²) in [6, 6.07) is 0. The van der Waals surface area contributed by atoms with E-state index in [0.29, 0.717) is 35.2 Å². The molecule has 3 saturated carbocycles. The van der Waals surface area contributed by atoms with Crippen molar-refractivity contribution in [2.75, 3.05) is 6.61 Å². The smallest absolute Gasteiger partial charge is 0.0543 e. The van der Waals surface area contributed by atoms with Crippen LogP contribution in [-0.2, 0) is 0 Å². The molecule has 0 radical (unpaired) electrons. The Morgan fingerprint density at radius 2 is 1.79 bits per heavy atom. The van der Waals surface area contributed by atoms with Crippen molar-refractivity contribution in [2.24, 2.45) is 40.4 Å². The predicted octanol–water partition coefficient (Wildman–Crippen LogP) is 4.55. The van der Waals surface area contributed by atoms with E-state index in [0.717, 1.165) is 24.7 Å². The number of aliphatic hydroxyl groups is 2. The molecular weight excluding hydrogens is 296 g/mol. The molecule has 0 saturated heterocycles. The summed E-state index contributed by atoms with van der Waals surface area (Å²) in [5.74, 6) is 3.32. The van der Waals surface area contributed by atoms with Gasteiger partial charge in [-0.1, -0.05) is 32.4 Å². The summed E-state index contributed by atoms with van der Waals surface area (Å²) in [5.41, 5.74) is 2.61. The highest BCUT2D eigenvalue weighted by Crippen LogP contribution is 2.66. The zero-order valence-corrected chi connectivity index (χ0v) is 15.8. The number of allylic oxidation sites excluding steroid dienone is 2. The molecule has 4 rings (SSSR count). The fourth-order valence-electron chi connectivity index (χ4n) is 7.59. The Hall–Kier alpha value is -0.340. The van der Waals surface area contributed by atoms with E-state index in [1.165, 1.54) is 38.5 Å². The van der Waals surface area contributed by atoms with Crippen LogP contribution >= 0.6 is 0 Å². The minimum Gasteiger partial charge on any atom is -0.396 e. The van der Waals surface area contributed by atoms with Gasteiger partial charge in [-0.3, -0.25) is 0 Å². The molecule has 2 heteroatoms. The molecule has 136 valence electrons. The number of fused-ring (bicyclic) bond motifs is 5. The first-order chi connectivity index (χ1) is 11.4. The second-order valence-electron chi connectivity index (χ2n) is 10.1. The van der Waals surface area contributed by atoms with Crippen LogP contribution in [0.15, 0.2) is 11.6 Å². The van der Waals surface area contributed by atoms with E-state index >= 15 is 0 Å². The lowest BCUT2D eigenvalue weighted by molar-refractivity contribution is -0.0439. The van der Waals surface area contributed by atoms with Gasteiger partial charge in [-0.15, -0.1) is 0 Å². The number of hydrogen-bond acceptors (Lipinski definition) is 2. The molecule has 2 nitrogen and oxygen atoms in total. The molecule has 0 aromatic heterocycles. The Kier molecular flexibility index (Phi) is 4.16. The monoisotopic (exact) mass is 332 g/mol. The summed E-state index contributed by atoms with van der Waals surface area (Å²) in [6.45, 7) is 7.65. The van der Waals surface area contributed by atoms with E-state index in [1.54, 1.807) is 5.57 Å². The summed E-state index contributed by atoms with van der Waals surface area (Å²) in [6.07, 6.45) is 12.2. The van der Waals surface area contributed by atoms with Crippen molar-refractivity contribution in [1.82, 2.24) is 0 Å². The normalized spacial score (nSPS) is 52.0. The zero-order valence-electron chi connectivity index (χ0n) is 15.8. The van der Waals surface area contributed by atoms with Gasteiger partial charge in [0.05, 0.1) is 6.10 Å². The predicted molar refractivity (Wildman–Crippen MR) is 97.4 cm³/mol. The Labute approximate surface area is 147 Å². The van der Waals surface area contributed by atoms with Crippen LogP contribution in [0, 0.1) is 40.4 Å². The van der Waals surface area contributed by atoms with Crippen molar-refractivity contribution < 1.29 is 10.2 Å². The molecule has 0 aliphatic heterocycles. The Morgan fingerprint density at radius 3 is 2.54 bits per heavy atom. The van der Waals surface area contributed by atoms with Crippen molar-refractivity contribution in [3.8, 4) is 0 Å². The Balaban J connectivity index is 1.64. The lowest BCUT2D eigenvalue weighted by Crippen LogP contribution is -2.50. The molecule has 0 amide bonds. The van der Waals surface area contributed by atoms with Gasteiger partial charge in [-0.2, -0.15) is 0 Å². The molecule has 0 spiro atoms. The fraction of sp³-hybridized carbons (Fsp3) is 0.909. The quantitative estimate of drug-likeness (QED) is 0.728. The third-order valence-electron chi connectivity index (χ3n) is 9.10. The van der Waals surface area contributed by atoms with Crippen LogP contribution in [-0.4, -0.2) is 22.9 Å². The highest BCUT2D eigenvalue weighted by atomic mass is 16.3. The third-order valence-corrected chi connectivity index (χ3v) is 9.10. The molecule has 24 heavy (non-hydrogen) atoms. The Morgan fingerprint density at radius 1 is 1.08 bits per heavy atom. The SMILES string of the molecule is C[C@@H](CO)C1CCC2C3=CCC4C[C@@H](O)CC[C@]4(C)C3CC[C@@]21C. The summed E-state index contributed by atoms with van der Waals surface area (Å²) in [7, 11) is 0. The van der Waals surface area contributed by atoms with Gasteiger partial charge in [0.25, 0.3) is 0 Å². The van der Waals surface area contributed by atoms with E-state index in [4.69, 9.17) is 0 Å². The second-order valence-corrected chi connectivity index (χ2v) is 10.1. The van der Waals surface area contributed by atoms with Gasteiger partial charge in [0.1, 0.15) is 0 Å². The summed E-state index contributed by atoms with van der Waals surface area (Å²) in [4.78, 5) is 0. The van der Waals surface area contributed by atoms with Gasteiger partial charge < -0.3 is 10.2 Å². The van der Waals surface area contributed by atoms with Gasteiger partial charge in [-0.05, 0) is 91.8 Å². The maximum absolute atomic E-state index is 10.1. The van der Waals surface area contributed by atoms with Gasteiger partial charge in [-0.25, -0.2) is 0 Å². The van der Waals surface area contributed by atoms with E-state index in [1.807, 2.05) is 0 Å². The van der Waals surface area contributed by atoms with Crippen molar-refractivity contribution in [3.63, 3.8) is 0 Å². The standard InChI is InChI=1S/C22H36O2/c1-14(13-23)18-6-7-19-17-5-4-15-12-16(24)8-10-21(15,2)20(17)9-11-22(18,19)3/h5,14-16,18-20,23-24H,4,6-13H2,1-3H3/t14-,15?,16-,18?,19?,20?,21-,22+/m0/s1. The number of hydrogen-bond donors (Lipinski definition) is 2. The minimum absolute atomic E-state index is 0.0619. The molecule has 0 aromatic carbocycles. The molecule has 8 atom stereocenters. The van der Waals surface area contributed by atoms with Crippen molar-refractivity contribution in [2.45, 2.75) is 78.2 Å². The highest BCUT2D eigenvalue weighted by Gasteiger charge is 2.58. The number of aliphatic hydroxyl groups excluding tert-OH is 2.